The van der Waals surface area contributed by atoms with Crippen LogP contribution in [-0.4, -0.2) is 10.1 Å². The number of hydrogen-bond acceptors (Lipinski definition) is 3. The number of nitrogens with two attached hydrogens (primary N) is 1. The van der Waals surface area contributed by atoms with E-state index in [0.29, 0.717) is 20.7 Å². The molecule has 0 spiro atoms. The van der Waals surface area contributed by atoms with Gasteiger partial charge in [0.25, 0.3) is 0 Å². The van der Waals surface area contributed by atoms with Crippen molar-refractivity contribution in [3.8, 4) is 5.75 Å². The number of anilines is 1. The summed E-state index contributed by atoms with van der Waals surface area (Å²) in [5.41, 5.74) is 6.03. The zero-order chi connectivity index (χ0) is 10.3. The first-order valence-corrected chi connectivity index (χ1v) is 4.99. The first-order chi connectivity index (χ1) is 6.59. The van der Waals surface area contributed by atoms with Gasteiger partial charge in [-0.3, -0.25) is 0 Å². The number of nitrogens with zero attached hydrogens (tertiary/aromatic N) is 1. The molecule has 0 saturated carbocycles. The van der Waals surface area contributed by atoms with Gasteiger partial charge in [0.2, 0.25) is 0 Å². The summed E-state index contributed by atoms with van der Waals surface area (Å²) in [7, 11) is 0. The van der Waals surface area contributed by atoms with E-state index in [4.69, 9.17) is 17.3 Å². The Hall–Kier alpha value is -1.00. The number of pyridine rings is 1. The number of rotatable bonds is 0. The molecule has 3 N–H and O–H groups in total. The predicted molar refractivity (Wildman–Crippen MR) is 60.5 cm³/mol. The van der Waals surface area contributed by atoms with Crippen LogP contribution < -0.4 is 5.73 Å². The van der Waals surface area contributed by atoms with Crippen LogP contribution in [0.2, 0.25) is 5.15 Å². The first kappa shape index (κ1) is 9.55. The van der Waals surface area contributed by atoms with Gasteiger partial charge in [-0.1, -0.05) is 11.6 Å². The highest BCUT2D eigenvalue weighted by Gasteiger charge is 2.08. The van der Waals surface area contributed by atoms with E-state index < -0.39 is 0 Å². The van der Waals surface area contributed by atoms with Crippen molar-refractivity contribution in [1.29, 1.82) is 0 Å². The third kappa shape index (κ3) is 1.40. The molecule has 72 valence electrons. The van der Waals surface area contributed by atoms with Gasteiger partial charge in [-0.25, -0.2) is 4.98 Å². The molecule has 0 saturated heterocycles. The topological polar surface area (TPSA) is 59.1 Å². The van der Waals surface area contributed by atoms with E-state index in [1.165, 1.54) is 0 Å². The minimum Gasteiger partial charge on any atom is -0.505 e. The molecule has 5 heteroatoms. The first-order valence-electron chi connectivity index (χ1n) is 3.82. The number of hydrogen-bond donors (Lipinski definition) is 2. The van der Waals surface area contributed by atoms with Crippen LogP contribution in [-0.2, 0) is 0 Å². The minimum atomic E-state index is 0.0276. The van der Waals surface area contributed by atoms with Crippen molar-refractivity contribution < 1.29 is 5.11 Å². The number of fused-ring (bicyclic) bond motifs is 1. The van der Waals surface area contributed by atoms with E-state index in [1.54, 1.807) is 18.3 Å². The summed E-state index contributed by atoms with van der Waals surface area (Å²) >= 11 is 8.92. The van der Waals surface area contributed by atoms with E-state index >= 15 is 0 Å². The maximum absolute atomic E-state index is 9.56. The number of phenols is 1. The van der Waals surface area contributed by atoms with Gasteiger partial charge in [-0.15, -0.1) is 0 Å². The van der Waals surface area contributed by atoms with Gasteiger partial charge in [-0.2, -0.15) is 0 Å². The van der Waals surface area contributed by atoms with Crippen molar-refractivity contribution in [2.75, 3.05) is 5.73 Å². The van der Waals surface area contributed by atoms with Crippen LogP contribution in [0.1, 0.15) is 0 Å². The number of aromatic nitrogens is 1. The predicted octanol–water partition coefficient (Wildman–Crippen LogP) is 2.94. The van der Waals surface area contributed by atoms with Gasteiger partial charge in [0.15, 0.2) is 5.75 Å². The molecule has 0 aliphatic heterocycles. The average molecular weight is 274 g/mol. The van der Waals surface area contributed by atoms with Gasteiger partial charge in [0.05, 0.1) is 10.2 Å². The van der Waals surface area contributed by atoms with Gasteiger partial charge in [0, 0.05) is 17.0 Å². The van der Waals surface area contributed by atoms with Crippen molar-refractivity contribution >= 4 is 44.0 Å². The number of benzene rings is 1. The van der Waals surface area contributed by atoms with Crippen LogP contribution in [0.4, 0.5) is 5.69 Å². The lowest BCUT2D eigenvalue weighted by atomic mass is 10.1. The van der Waals surface area contributed by atoms with Crippen molar-refractivity contribution in [2.24, 2.45) is 0 Å². The molecule has 1 aromatic heterocycles. The van der Waals surface area contributed by atoms with E-state index in [1.807, 2.05) is 0 Å². The van der Waals surface area contributed by atoms with E-state index in [-0.39, 0.29) is 5.75 Å². The fourth-order valence-electron chi connectivity index (χ4n) is 1.25. The zero-order valence-electron chi connectivity index (χ0n) is 6.96. The van der Waals surface area contributed by atoms with Crippen LogP contribution in [0.3, 0.4) is 0 Å². The Morgan fingerprint density at radius 3 is 2.86 bits per heavy atom. The molecule has 0 bridgehead atoms. The second-order valence-corrected chi connectivity index (χ2v) is 4.09. The molecule has 0 aliphatic carbocycles. The quantitative estimate of drug-likeness (QED) is 0.441. The van der Waals surface area contributed by atoms with Crippen molar-refractivity contribution in [1.82, 2.24) is 4.98 Å². The number of phenolic OH excluding ortho intramolecular Hbond substituents is 1. The van der Waals surface area contributed by atoms with Crippen molar-refractivity contribution in [3.05, 3.63) is 28.0 Å². The SMILES string of the molecule is Nc1c(O)c(Br)cc2cnc(Cl)cc12. The molecule has 0 radical (unpaired) electrons. The average Bonchev–Trinajstić information content (AvgIpc) is 2.16. The third-order valence-corrected chi connectivity index (χ3v) is 2.77. The smallest absolute Gasteiger partial charge is 0.153 e. The maximum Gasteiger partial charge on any atom is 0.153 e. The largest absolute Gasteiger partial charge is 0.505 e. The van der Waals surface area contributed by atoms with Crippen LogP contribution in [0, 0.1) is 0 Å². The number of aromatic hydroxyl groups is 1. The van der Waals surface area contributed by atoms with Gasteiger partial charge in [0.1, 0.15) is 5.15 Å². The Balaban J connectivity index is 2.92. The molecule has 0 atom stereocenters. The number of halogens is 2. The highest BCUT2D eigenvalue weighted by molar-refractivity contribution is 9.10. The van der Waals surface area contributed by atoms with Crippen LogP contribution in [0.5, 0.6) is 5.75 Å². The van der Waals surface area contributed by atoms with Crippen molar-refractivity contribution in [2.45, 2.75) is 0 Å². The fourth-order valence-corrected chi connectivity index (χ4v) is 1.87. The van der Waals surface area contributed by atoms with E-state index in [0.717, 1.165) is 5.39 Å². The van der Waals surface area contributed by atoms with Crippen molar-refractivity contribution in [3.63, 3.8) is 0 Å². The highest BCUT2D eigenvalue weighted by atomic mass is 79.9. The summed E-state index contributed by atoms with van der Waals surface area (Å²) in [5.74, 6) is 0.0276. The van der Waals surface area contributed by atoms with Crippen LogP contribution >= 0.6 is 27.5 Å². The molecule has 2 aromatic rings. The normalized spacial score (nSPS) is 10.7. The molecule has 3 nitrogen and oxygen atoms in total. The summed E-state index contributed by atoms with van der Waals surface area (Å²) in [4.78, 5) is 3.93. The Labute approximate surface area is 93.6 Å². The minimum absolute atomic E-state index is 0.0276. The number of nitrogen functional groups attached to an aromatic ring is 1. The molecule has 14 heavy (non-hydrogen) atoms. The maximum atomic E-state index is 9.56. The summed E-state index contributed by atoms with van der Waals surface area (Å²) in [6.45, 7) is 0. The van der Waals surface area contributed by atoms with E-state index in [9.17, 15) is 5.11 Å². The lowest BCUT2D eigenvalue weighted by Gasteiger charge is -2.06. The third-order valence-electron chi connectivity index (χ3n) is 1.96. The molecule has 0 fully saturated rings. The Kier molecular flexibility index (Phi) is 2.25. The summed E-state index contributed by atoms with van der Waals surface area (Å²) in [5, 5.41) is 11.4. The lowest BCUT2D eigenvalue weighted by molar-refractivity contribution is 0.475. The second kappa shape index (κ2) is 3.29. The zero-order valence-corrected chi connectivity index (χ0v) is 9.30. The van der Waals surface area contributed by atoms with Crippen LogP contribution in [0.15, 0.2) is 22.8 Å². The molecule has 0 amide bonds. The summed E-state index contributed by atoms with van der Waals surface area (Å²) < 4.78 is 0.548. The Morgan fingerprint density at radius 1 is 1.43 bits per heavy atom. The monoisotopic (exact) mass is 272 g/mol. The highest BCUT2D eigenvalue weighted by Crippen LogP contribution is 2.37. The lowest BCUT2D eigenvalue weighted by Crippen LogP contribution is -1.90. The Bertz CT molecular complexity index is 516. The Morgan fingerprint density at radius 2 is 2.14 bits per heavy atom. The second-order valence-electron chi connectivity index (χ2n) is 2.85. The summed E-state index contributed by atoms with van der Waals surface area (Å²) in [6.07, 6.45) is 1.61. The molecular formula is C9H6BrClN2O. The molecule has 2 rings (SSSR count). The standard InChI is InChI=1S/C9H6BrClN2O/c10-6-1-4-3-13-7(11)2-5(4)8(12)9(6)14/h1-3,14H,12H2. The van der Waals surface area contributed by atoms with E-state index in [2.05, 4.69) is 20.9 Å². The van der Waals surface area contributed by atoms with Crippen LogP contribution in [0.25, 0.3) is 10.8 Å². The van der Waals surface area contributed by atoms with Gasteiger partial charge < -0.3 is 10.8 Å². The molecule has 0 aliphatic rings. The fraction of sp³-hybridized carbons (Fsp3) is 0. The van der Waals surface area contributed by atoms with Gasteiger partial charge in [-0.05, 0) is 28.1 Å². The van der Waals surface area contributed by atoms with Gasteiger partial charge >= 0.3 is 0 Å². The summed E-state index contributed by atoms with van der Waals surface area (Å²) in [6, 6.07) is 3.36. The molecular weight excluding hydrogens is 267 g/mol. The molecule has 0 unspecified atom stereocenters. The molecule has 1 aromatic carbocycles. The molecule has 1 heterocycles.